The van der Waals surface area contributed by atoms with Gasteiger partial charge in [-0.05, 0) is 37.8 Å². The number of aromatic nitrogens is 2. The number of nitrogens with one attached hydrogen (secondary N) is 1. The molecule has 2 aromatic rings. The molecule has 25 heavy (non-hydrogen) atoms. The standard InChI is InChI=1S/C16H17N5O4/c22-15(17-11-5-6-11)13-2-1-9-20(13)16-18-14(19-25-16)10-3-7-12(8-4-10)21(23)24/h3-4,7-8,11,13H,1-2,5-6,9H2,(H,17,22). The molecule has 1 atom stereocenters. The molecule has 1 amide bonds. The zero-order valence-corrected chi connectivity index (χ0v) is 13.4. The highest BCUT2D eigenvalue weighted by Crippen LogP contribution is 2.28. The third kappa shape index (κ3) is 3.17. The molecule has 1 unspecified atom stereocenters. The summed E-state index contributed by atoms with van der Waals surface area (Å²) < 4.78 is 5.33. The van der Waals surface area contributed by atoms with Gasteiger partial charge in [0, 0.05) is 30.3 Å². The quantitative estimate of drug-likeness (QED) is 0.651. The van der Waals surface area contributed by atoms with E-state index >= 15 is 0 Å². The van der Waals surface area contributed by atoms with Crippen LogP contribution in [0.5, 0.6) is 0 Å². The first-order valence-corrected chi connectivity index (χ1v) is 8.27. The van der Waals surface area contributed by atoms with Crippen LogP contribution in [0, 0.1) is 10.1 Å². The molecule has 2 aliphatic rings. The van der Waals surface area contributed by atoms with Crippen molar-refractivity contribution in [3.63, 3.8) is 0 Å². The lowest BCUT2D eigenvalue weighted by Gasteiger charge is -2.21. The molecule has 2 fully saturated rings. The van der Waals surface area contributed by atoms with Crippen molar-refractivity contribution in [2.24, 2.45) is 0 Å². The number of anilines is 1. The molecule has 1 N–H and O–H groups in total. The van der Waals surface area contributed by atoms with Crippen LogP contribution in [0.25, 0.3) is 11.4 Å². The summed E-state index contributed by atoms with van der Waals surface area (Å²) in [7, 11) is 0. The highest BCUT2D eigenvalue weighted by Gasteiger charge is 2.36. The van der Waals surface area contributed by atoms with E-state index in [1.807, 2.05) is 4.90 Å². The van der Waals surface area contributed by atoms with Crippen LogP contribution in [0.4, 0.5) is 11.7 Å². The molecule has 1 aliphatic heterocycles. The summed E-state index contributed by atoms with van der Waals surface area (Å²) in [5, 5.41) is 17.7. The van der Waals surface area contributed by atoms with Crippen LogP contribution in [0.3, 0.4) is 0 Å². The number of hydrogen-bond donors (Lipinski definition) is 1. The Hall–Kier alpha value is -2.97. The SMILES string of the molecule is O=C(NC1CC1)C1CCCN1c1nc(-c2ccc([N+](=O)[O-])cc2)no1. The molecule has 0 bridgehead atoms. The molecule has 9 nitrogen and oxygen atoms in total. The van der Waals surface area contributed by atoms with Crippen molar-refractivity contribution in [3.05, 3.63) is 34.4 Å². The van der Waals surface area contributed by atoms with Gasteiger partial charge < -0.3 is 14.7 Å². The number of carbonyl (C=O) groups is 1. The summed E-state index contributed by atoms with van der Waals surface area (Å²) in [6.07, 6.45) is 3.73. The first-order valence-electron chi connectivity index (χ1n) is 8.27. The second-order valence-electron chi connectivity index (χ2n) is 6.34. The van der Waals surface area contributed by atoms with Crippen LogP contribution in [0.15, 0.2) is 28.8 Å². The Morgan fingerprint density at radius 2 is 2.04 bits per heavy atom. The Kier molecular flexibility index (Phi) is 3.83. The Morgan fingerprint density at radius 3 is 2.72 bits per heavy atom. The highest BCUT2D eigenvalue weighted by atomic mass is 16.6. The minimum atomic E-state index is -0.460. The lowest BCUT2D eigenvalue weighted by atomic mass is 10.2. The van der Waals surface area contributed by atoms with Crippen molar-refractivity contribution < 1.29 is 14.2 Å². The number of nitrogens with zero attached hydrogens (tertiary/aromatic N) is 4. The van der Waals surface area contributed by atoms with Crippen LogP contribution in [0.1, 0.15) is 25.7 Å². The van der Waals surface area contributed by atoms with Gasteiger partial charge in [-0.25, -0.2) is 0 Å². The molecule has 2 heterocycles. The molecular weight excluding hydrogens is 326 g/mol. The zero-order chi connectivity index (χ0) is 17.4. The van der Waals surface area contributed by atoms with E-state index in [9.17, 15) is 14.9 Å². The van der Waals surface area contributed by atoms with Gasteiger partial charge in [0.1, 0.15) is 6.04 Å². The van der Waals surface area contributed by atoms with Crippen molar-refractivity contribution in [2.75, 3.05) is 11.4 Å². The topological polar surface area (TPSA) is 114 Å². The summed E-state index contributed by atoms with van der Waals surface area (Å²) in [5.41, 5.74) is 0.627. The van der Waals surface area contributed by atoms with Gasteiger partial charge >= 0.3 is 6.01 Å². The monoisotopic (exact) mass is 343 g/mol. The van der Waals surface area contributed by atoms with Crippen LogP contribution in [-0.2, 0) is 4.79 Å². The Morgan fingerprint density at radius 1 is 1.28 bits per heavy atom. The van der Waals surface area contributed by atoms with E-state index in [0.29, 0.717) is 30.0 Å². The molecule has 1 aromatic carbocycles. The zero-order valence-electron chi connectivity index (χ0n) is 13.4. The number of hydrogen-bond acceptors (Lipinski definition) is 7. The van der Waals surface area contributed by atoms with Gasteiger partial charge in [-0.2, -0.15) is 4.98 Å². The van der Waals surface area contributed by atoms with Crippen LogP contribution in [0.2, 0.25) is 0 Å². The van der Waals surface area contributed by atoms with E-state index in [-0.39, 0.29) is 17.6 Å². The number of rotatable bonds is 5. The second kappa shape index (κ2) is 6.15. The molecule has 0 spiro atoms. The van der Waals surface area contributed by atoms with Crippen LogP contribution >= 0.6 is 0 Å². The number of nitro groups is 1. The van der Waals surface area contributed by atoms with Gasteiger partial charge in [0.25, 0.3) is 5.69 Å². The summed E-state index contributed by atoms with van der Waals surface area (Å²) in [4.78, 5) is 28.8. The summed E-state index contributed by atoms with van der Waals surface area (Å²) in [6.45, 7) is 0.685. The first kappa shape index (κ1) is 15.6. The normalized spacial score (nSPS) is 19.8. The molecule has 1 aromatic heterocycles. The van der Waals surface area contributed by atoms with Gasteiger partial charge in [0.05, 0.1) is 4.92 Å². The average molecular weight is 343 g/mol. The van der Waals surface area contributed by atoms with Crippen molar-refractivity contribution >= 4 is 17.6 Å². The van der Waals surface area contributed by atoms with Crippen molar-refractivity contribution in [1.82, 2.24) is 15.5 Å². The van der Waals surface area contributed by atoms with Gasteiger partial charge in [-0.15, -0.1) is 0 Å². The molecule has 130 valence electrons. The van der Waals surface area contributed by atoms with E-state index in [0.717, 1.165) is 25.7 Å². The fraction of sp³-hybridized carbons (Fsp3) is 0.438. The number of non-ortho nitro benzene ring substituents is 1. The van der Waals surface area contributed by atoms with Gasteiger partial charge in [-0.1, -0.05) is 5.16 Å². The van der Waals surface area contributed by atoms with Gasteiger partial charge in [0.2, 0.25) is 11.7 Å². The van der Waals surface area contributed by atoms with Crippen molar-refractivity contribution in [3.8, 4) is 11.4 Å². The number of amides is 1. The van der Waals surface area contributed by atoms with Gasteiger partial charge in [-0.3, -0.25) is 14.9 Å². The molecule has 1 aliphatic carbocycles. The number of nitro benzene ring substituents is 1. The number of benzene rings is 1. The Labute approximate surface area is 143 Å². The molecule has 4 rings (SSSR count). The summed E-state index contributed by atoms with van der Waals surface area (Å²) in [6, 6.07) is 6.28. The summed E-state index contributed by atoms with van der Waals surface area (Å²) in [5.74, 6) is 0.355. The smallest absolute Gasteiger partial charge is 0.325 e. The van der Waals surface area contributed by atoms with Crippen molar-refractivity contribution in [1.29, 1.82) is 0 Å². The first-order chi connectivity index (χ1) is 12.1. The molecular formula is C16H17N5O4. The lowest BCUT2D eigenvalue weighted by Crippen LogP contribution is -2.44. The number of carbonyl (C=O) groups excluding carboxylic acids is 1. The highest BCUT2D eigenvalue weighted by molar-refractivity contribution is 5.85. The molecule has 1 saturated heterocycles. The maximum atomic E-state index is 12.4. The minimum Gasteiger partial charge on any atom is -0.352 e. The Bertz CT molecular complexity index is 799. The Balaban J connectivity index is 1.51. The van der Waals surface area contributed by atoms with Crippen LogP contribution < -0.4 is 10.2 Å². The summed E-state index contributed by atoms with van der Waals surface area (Å²) >= 11 is 0. The maximum absolute atomic E-state index is 12.4. The largest absolute Gasteiger partial charge is 0.352 e. The molecule has 9 heteroatoms. The average Bonchev–Trinajstić information content (AvgIpc) is 3.12. The minimum absolute atomic E-state index is 0.00354. The predicted molar refractivity (Wildman–Crippen MR) is 87.9 cm³/mol. The lowest BCUT2D eigenvalue weighted by molar-refractivity contribution is -0.384. The second-order valence-corrected chi connectivity index (χ2v) is 6.34. The molecule has 0 radical (unpaired) electrons. The predicted octanol–water partition coefficient (Wildman–Crippen LogP) is 1.89. The third-order valence-electron chi connectivity index (χ3n) is 4.48. The van der Waals surface area contributed by atoms with E-state index in [2.05, 4.69) is 15.5 Å². The fourth-order valence-electron chi connectivity index (χ4n) is 2.97. The van der Waals surface area contributed by atoms with Gasteiger partial charge in [0.15, 0.2) is 0 Å². The van der Waals surface area contributed by atoms with E-state index in [4.69, 9.17) is 4.52 Å². The van der Waals surface area contributed by atoms with E-state index < -0.39 is 4.92 Å². The fourth-order valence-corrected chi connectivity index (χ4v) is 2.97. The molecule has 1 saturated carbocycles. The van der Waals surface area contributed by atoms with E-state index in [1.165, 1.54) is 12.1 Å². The van der Waals surface area contributed by atoms with Crippen LogP contribution in [-0.4, -0.2) is 39.6 Å². The van der Waals surface area contributed by atoms with Crippen molar-refractivity contribution in [2.45, 2.75) is 37.8 Å². The third-order valence-corrected chi connectivity index (χ3v) is 4.48. The van der Waals surface area contributed by atoms with E-state index in [1.54, 1.807) is 12.1 Å². The maximum Gasteiger partial charge on any atom is 0.325 e.